The molecule has 178 valence electrons. The summed E-state index contributed by atoms with van der Waals surface area (Å²) in [6.07, 6.45) is 5.52. The number of aromatic nitrogens is 1. The Morgan fingerprint density at radius 2 is 1.88 bits per heavy atom. The van der Waals surface area contributed by atoms with E-state index in [9.17, 15) is 9.59 Å². The van der Waals surface area contributed by atoms with Gasteiger partial charge in [0.05, 0.1) is 36.4 Å². The molecule has 6 nitrogen and oxygen atoms in total. The highest BCUT2D eigenvalue weighted by Gasteiger charge is 2.27. The summed E-state index contributed by atoms with van der Waals surface area (Å²) < 4.78 is 10.3. The third-order valence-electron chi connectivity index (χ3n) is 6.33. The minimum atomic E-state index is -0.199. The van der Waals surface area contributed by atoms with Crippen molar-refractivity contribution in [2.75, 3.05) is 20.8 Å². The van der Waals surface area contributed by atoms with E-state index in [1.807, 2.05) is 12.1 Å². The lowest BCUT2D eigenvalue weighted by molar-refractivity contribution is -0.146. The number of amides is 1. The summed E-state index contributed by atoms with van der Waals surface area (Å²) in [6, 6.07) is 7.19. The second kappa shape index (κ2) is 11.7. The summed E-state index contributed by atoms with van der Waals surface area (Å²) in [5.74, 6) is 0.831. The van der Waals surface area contributed by atoms with Crippen molar-refractivity contribution in [1.82, 2.24) is 10.3 Å². The average Bonchev–Trinajstić information content (AvgIpc) is 2.83. The number of ether oxygens (including phenoxy) is 2. The molecular weight excluding hydrogens is 463 g/mol. The van der Waals surface area contributed by atoms with Crippen LogP contribution in [0.4, 0.5) is 0 Å². The minimum Gasteiger partial charge on any atom is -0.496 e. The van der Waals surface area contributed by atoms with Gasteiger partial charge in [-0.2, -0.15) is 0 Å². The van der Waals surface area contributed by atoms with Gasteiger partial charge in [-0.15, -0.1) is 0 Å². The van der Waals surface area contributed by atoms with Crippen LogP contribution in [0.3, 0.4) is 0 Å². The number of hydrogen-bond acceptors (Lipinski definition) is 5. The van der Waals surface area contributed by atoms with Crippen LogP contribution in [0.5, 0.6) is 5.75 Å². The summed E-state index contributed by atoms with van der Waals surface area (Å²) >= 11 is 12.6. The second-order valence-electron chi connectivity index (χ2n) is 8.59. The lowest BCUT2D eigenvalue weighted by Gasteiger charge is -2.27. The van der Waals surface area contributed by atoms with Crippen LogP contribution in [-0.4, -0.2) is 37.6 Å². The zero-order valence-electron chi connectivity index (χ0n) is 19.2. The number of rotatable bonds is 8. The lowest BCUT2D eigenvalue weighted by Crippen LogP contribution is -2.32. The van der Waals surface area contributed by atoms with Crippen molar-refractivity contribution in [2.45, 2.75) is 44.9 Å². The van der Waals surface area contributed by atoms with Crippen molar-refractivity contribution in [1.29, 1.82) is 0 Å². The maximum atomic E-state index is 12.6. The molecular formula is C25H30Cl2N2O4. The fourth-order valence-corrected chi connectivity index (χ4v) is 4.76. The van der Waals surface area contributed by atoms with Crippen LogP contribution in [0, 0.1) is 11.8 Å². The van der Waals surface area contributed by atoms with Gasteiger partial charge in [-0.25, -0.2) is 0 Å². The molecule has 0 aliphatic heterocycles. The Morgan fingerprint density at radius 3 is 2.52 bits per heavy atom. The van der Waals surface area contributed by atoms with Crippen LogP contribution in [0.15, 0.2) is 30.5 Å². The standard InChI is InChI=1S/C25H30Cl2N2O4/c1-15(20-12-19(26)8-9-23(20)32-2)10-22-21(27)11-18(14-28-22)24(30)29-13-16-4-6-17(7-5-16)25(31)33-3/h8-9,11-12,14-17H,4-7,10,13H2,1-3H3,(H,29,30). The maximum absolute atomic E-state index is 12.6. The fraction of sp³-hybridized carbons (Fsp3) is 0.480. The first-order valence-corrected chi connectivity index (χ1v) is 11.9. The zero-order chi connectivity index (χ0) is 24.0. The van der Waals surface area contributed by atoms with Gasteiger partial charge < -0.3 is 14.8 Å². The molecule has 1 unspecified atom stereocenters. The van der Waals surface area contributed by atoms with Gasteiger partial charge in [0.25, 0.3) is 5.91 Å². The van der Waals surface area contributed by atoms with Crippen LogP contribution in [0.2, 0.25) is 10.0 Å². The van der Waals surface area contributed by atoms with Crippen LogP contribution in [-0.2, 0) is 16.0 Å². The highest BCUT2D eigenvalue weighted by molar-refractivity contribution is 6.31. The molecule has 0 bridgehead atoms. The molecule has 33 heavy (non-hydrogen) atoms. The maximum Gasteiger partial charge on any atom is 0.308 e. The van der Waals surface area contributed by atoms with Crippen molar-refractivity contribution >= 4 is 35.1 Å². The van der Waals surface area contributed by atoms with Crippen molar-refractivity contribution in [3.05, 3.63) is 57.3 Å². The molecule has 1 amide bonds. The molecule has 1 saturated carbocycles. The first kappa shape index (κ1) is 25.3. The number of pyridine rings is 1. The second-order valence-corrected chi connectivity index (χ2v) is 9.44. The van der Waals surface area contributed by atoms with Gasteiger partial charge >= 0.3 is 5.97 Å². The van der Waals surface area contributed by atoms with Crippen LogP contribution in [0.25, 0.3) is 0 Å². The molecule has 8 heteroatoms. The number of nitrogens with zero attached hydrogens (tertiary/aromatic N) is 1. The third-order valence-corrected chi connectivity index (χ3v) is 6.90. The number of nitrogens with one attached hydrogen (secondary N) is 1. The number of halogens is 2. The number of carbonyl (C=O) groups is 2. The smallest absolute Gasteiger partial charge is 0.308 e. The molecule has 1 atom stereocenters. The van der Waals surface area contributed by atoms with E-state index in [1.54, 1.807) is 25.4 Å². The highest BCUT2D eigenvalue weighted by atomic mass is 35.5. The molecule has 0 spiro atoms. The van der Waals surface area contributed by atoms with Crippen molar-refractivity contribution in [2.24, 2.45) is 11.8 Å². The Bertz CT molecular complexity index is 990. The normalized spacial score (nSPS) is 18.9. The van der Waals surface area contributed by atoms with Crippen LogP contribution >= 0.6 is 23.2 Å². The van der Waals surface area contributed by atoms with Gasteiger partial charge in [0.15, 0.2) is 0 Å². The Hall–Kier alpha value is -2.31. The van der Waals surface area contributed by atoms with E-state index in [-0.39, 0.29) is 23.7 Å². The minimum absolute atomic E-state index is 0.0215. The van der Waals surface area contributed by atoms with Gasteiger partial charge in [-0.3, -0.25) is 14.6 Å². The average molecular weight is 493 g/mol. The Labute approximate surface area is 205 Å². The van der Waals surface area contributed by atoms with E-state index >= 15 is 0 Å². The van der Waals surface area contributed by atoms with E-state index in [0.717, 1.165) is 37.0 Å². The molecule has 1 aliphatic rings. The summed E-state index contributed by atoms with van der Waals surface area (Å²) in [4.78, 5) is 28.7. The van der Waals surface area contributed by atoms with Gasteiger partial charge in [0.2, 0.25) is 0 Å². The van der Waals surface area contributed by atoms with Gasteiger partial charge in [0, 0.05) is 17.8 Å². The van der Waals surface area contributed by atoms with Crippen LogP contribution < -0.4 is 10.1 Å². The number of benzene rings is 1. The summed E-state index contributed by atoms with van der Waals surface area (Å²) in [6.45, 7) is 2.62. The molecule has 1 fully saturated rings. The van der Waals surface area contributed by atoms with Gasteiger partial charge in [-0.1, -0.05) is 30.1 Å². The van der Waals surface area contributed by atoms with E-state index in [0.29, 0.717) is 40.2 Å². The Balaban J connectivity index is 1.56. The largest absolute Gasteiger partial charge is 0.496 e. The molecule has 1 N–H and O–H groups in total. The first-order chi connectivity index (χ1) is 15.8. The quantitative estimate of drug-likeness (QED) is 0.495. The number of carbonyl (C=O) groups excluding carboxylic acids is 2. The van der Waals surface area contributed by atoms with Gasteiger partial charge in [-0.05, 0) is 73.8 Å². The third kappa shape index (κ3) is 6.61. The molecule has 1 heterocycles. The molecule has 0 saturated heterocycles. The summed E-state index contributed by atoms with van der Waals surface area (Å²) in [5, 5.41) is 4.07. The van der Waals surface area contributed by atoms with E-state index in [1.165, 1.54) is 7.11 Å². The summed E-state index contributed by atoms with van der Waals surface area (Å²) in [5.41, 5.74) is 2.12. The van der Waals surface area contributed by atoms with Crippen molar-refractivity contribution in [3.63, 3.8) is 0 Å². The summed E-state index contributed by atoms with van der Waals surface area (Å²) in [7, 11) is 3.05. The van der Waals surface area contributed by atoms with E-state index in [4.69, 9.17) is 32.7 Å². The Kier molecular flexibility index (Phi) is 8.98. The fourth-order valence-electron chi connectivity index (χ4n) is 4.34. The molecule has 3 rings (SSSR count). The predicted molar refractivity (Wildman–Crippen MR) is 129 cm³/mol. The lowest BCUT2D eigenvalue weighted by atomic mass is 9.82. The SMILES string of the molecule is COC(=O)C1CCC(CNC(=O)c2cnc(CC(C)c3cc(Cl)ccc3OC)c(Cl)c2)CC1. The van der Waals surface area contributed by atoms with Crippen LogP contribution in [0.1, 0.15) is 60.1 Å². The number of esters is 1. The number of hydrogen-bond donors (Lipinski definition) is 1. The van der Waals surface area contributed by atoms with Crippen molar-refractivity contribution in [3.8, 4) is 5.75 Å². The topological polar surface area (TPSA) is 77.5 Å². The van der Waals surface area contributed by atoms with E-state index in [2.05, 4.69) is 17.2 Å². The molecule has 1 aliphatic carbocycles. The van der Waals surface area contributed by atoms with Gasteiger partial charge in [0.1, 0.15) is 5.75 Å². The predicted octanol–water partition coefficient (Wildman–Crippen LogP) is 5.45. The molecule has 1 aromatic heterocycles. The Morgan fingerprint density at radius 1 is 1.15 bits per heavy atom. The highest BCUT2D eigenvalue weighted by Crippen LogP contribution is 2.33. The molecule has 1 aromatic carbocycles. The molecule has 2 aromatic rings. The zero-order valence-corrected chi connectivity index (χ0v) is 20.7. The van der Waals surface area contributed by atoms with E-state index < -0.39 is 0 Å². The first-order valence-electron chi connectivity index (χ1n) is 11.2. The monoisotopic (exact) mass is 492 g/mol. The van der Waals surface area contributed by atoms with Crippen molar-refractivity contribution < 1.29 is 19.1 Å². The molecule has 0 radical (unpaired) electrons. The number of methoxy groups -OCH3 is 2.